The topological polar surface area (TPSA) is 101 Å². The van der Waals surface area contributed by atoms with Crippen molar-refractivity contribution in [3.63, 3.8) is 0 Å². The van der Waals surface area contributed by atoms with E-state index in [0.29, 0.717) is 29.3 Å². The van der Waals surface area contributed by atoms with Gasteiger partial charge in [-0.1, -0.05) is 36.4 Å². The number of fused-ring (bicyclic) bond motifs is 1. The second-order valence-corrected chi connectivity index (χ2v) is 9.71. The Labute approximate surface area is 201 Å². The van der Waals surface area contributed by atoms with Crippen LogP contribution in [0, 0.1) is 0 Å². The number of pyridine rings is 1. The van der Waals surface area contributed by atoms with Gasteiger partial charge in [0.15, 0.2) is 0 Å². The second kappa shape index (κ2) is 10.3. The number of aromatic amines is 1. The van der Waals surface area contributed by atoms with Gasteiger partial charge in [0.05, 0.1) is 5.03 Å². The third-order valence-corrected chi connectivity index (χ3v) is 7.16. The molecule has 0 saturated heterocycles. The van der Waals surface area contributed by atoms with Crippen molar-refractivity contribution in [2.24, 2.45) is 0 Å². The van der Waals surface area contributed by atoms with Crippen molar-refractivity contribution < 1.29 is 9.21 Å². The Morgan fingerprint density at radius 2 is 1.79 bits per heavy atom. The van der Waals surface area contributed by atoms with Gasteiger partial charge in [-0.05, 0) is 55.3 Å². The van der Waals surface area contributed by atoms with Crippen LogP contribution in [-0.4, -0.2) is 32.9 Å². The van der Waals surface area contributed by atoms with E-state index in [4.69, 9.17) is 4.42 Å². The minimum atomic E-state index is -0.0982. The molecule has 0 atom stereocenters. The fraction of sp³-hybridized carbons (Fsp3) is 0.308. The molecule has 4 aromatic rings. The molecule has 2 aromatic heterocycles. The summed E-state index contributed by atoms with van der Waals surface area (Å²) < 4.78 is 5.92. The number of hydrogen-bond acceptors (Lipinski definition) is 6. The van der Waals surface area contributed by atoms with E-state index in [0.717, 1.165) is 41.7 Å². The average molecular weight is 475 g/mol. The number of rotatable bonds is 7. The summed E-state index contributed by atoms with van der Waals surface area (Å²) in [6.45, 7) is 0. The maximum atomic E-state index is 12.5. The van der Waals surface area contributed by atoms with E-state index in [-0.39, 0.29) is 23.4 Å². The molecular weight excluding hydrogens is 448 g/mol. The Kier molecular flexibility index (Phi) is 6.76. The fourth-order valence-electron chi connectivity index (χ4n) is 4.40. The van der Waals surface area contributed by atoms with E-state index >= 15 is 0 Å². The first kappa shape index (κ1) is 22.4. The average Bonchev–Trinajstić information content (AvgIpc) is 3.36. The van der Waals surface area contributed by atoms with Crippen molar-refractivity contribution in [2.45, 2.75) is 49.1 Å². The molecule has 34 heavy (non-hydrogen) atoms. The van der Waals surface area contributed by atoms with Gasteiger partial charge < -0.3 is 14.7 Å². The number of hydrogen-bond donors (Lipinski definition) is 2. The maximum Gasteiger partial charge on any atom is 0.256 e. The lowest BCUT2D eigenvalue weighted by Gasteiger charge is -2.27. The number of carbonyl (C=O) groups is 1. The van der Waals surface area contributed by atoms with Crippen LogP contribution in [0.25, 0.3) is 22.2 Å². The monoisotopic (exact) mass is 474 g/mol. The van der Waals surface area contributed by atoms with Gasteiger partial charge >= 0.3 is 0 Å². The summed E-state index contributed by atoms with van der Waals surface area (Å²) in [7, 11) is 0. The molecule has 1 aliphatic rings. The SMILES string of the molecule is O=C(CCSc1cc2ccccc2c(=O)[nH]1)NC1CCC(c2nnc(-c3ccccc3)o2)CC1. The van der Waals surface area contributed by atoms with E-state index in [1.54, 1.807) is 0 Å². The van der Waals surface area contributed by atoms with Crippen molar-refractivity contribution in [3.8, 4) is 11.5 Å². The lowest BCUT2D eigenvalue weighted by Crippen LogP contribution is -2.37. The minimum absolute atomic E-state index is 0.0447. The van der Waals surface area contributed by atoms with Crippen molar-refractivity contribution in [2.75, 3.05) is 5.75 Å². The van der Waals surface area contributed by atoms with Gasteiger partial charge in [0.1, 0.15) is 0 Å². The highest BCUT2D eigenvalue weighted by molar-refractivity contribution is 7.99. The molecule has 174 valence electrons. The van der Waals surface area contributed by atoms with Gasteiger partial charge in [-0.2, -0.15) is 0 Å². The number of amides is 1. The molecule has 0 unspecified atom stereocenters. The van der Waals surface area contributed by atoms with E-state index < -0.39 is 0 Å². The van der Waals surface area contributed by atoms with Gasteiger partial charge in [-0.25, -0.2) is 0 Å². The van der Waals surface area contributed by atoms with Gasteiger partial charge in [0.25, 0.3) is 5.56 Å². The highest BCUT2D eigenvalue weighted by atomic mass is 32.2. The van der Waals surface area contributed by atoms with Crippen LogP contribution < -0.4 is 10.9 Å². The van der Waals surface area contributed by atoms with Crippen LogP contribution in [-0.2, 0) is 4.79 Å². The predicted molar refractivity (Wildman–Crippen MR) is 133 cm³/mol. The van der Waals surface area contributed by atoms with Gasteiger partial charge in [-0.3, -0.25) is 9.59 Å². The fourth-order valence-corrected chi connectivity index (χ4v) is 5.28. The molecule has 2 N–H and O–H groups in total. The van der Waals surface area contributed by atoms with Crippen LogP contribution in [0.3, 0.4) is 0 Å². The quantitative estimate of drug-likeness (QED) is 0.369. The Morgan fingerprint density at radius 1 is 1.03 bits per heavy atom. The number of nitrogens with one attached hydrogen (secondary N) is 2. The van der Waals surface area contributed by atoms with Gasteiger partial charge in [0.2, 0.25) is 17.7 Å². The molecule has 0 bridgehead atoms. The van der Waals surface area contributed by atoms with Crippen molar-refractivity contribution in [1.82, 2.24) is 20.5 Å². The molecule has 1 aliphatic carbocycles. The molecule has 2 heterocycles. The zero-order valence-electron chi connectivity index (χ0n) is 18.7. The molecule has 1 fully saturated rings. The molecular formula is C26H26N4O3S. The highest BCUT2D eigenvalue weighted by Gasteiger charge is 2.27. The van der Waals surface area contributed by atoms with Gasteiger partial charge in [-0.15, -0.1) is 22.0 Å². The van der Waals surface area contributed by atoms with Gasteiger partial charge in [0, 0.05) is 35.1 Å². The number of aromatic nitrogens is 3. The maximum absolute atomic E-state index is 12.5. The first-order valence-corrected chi connectivity index (χ1v) is 12.6. The van der Waals surface area contributed by atoms with E-state index in [1.807, 2.05) is 60.7 Å². The van der Waals surface area contributed by atoms with E-state index in [1.165, 1.54) is 11.8 Å². The Balaban J connectivity index is 1.07. The second-order valence-electron chi connectivity index (χ2n) is 8.58. The van der Waals surface area contributed by atoms with Crippen molar-refractivity contribution in [3.05, 3.63) is 76.9 Å². The molecule has 1 amide bonds. The van der Waals surface area contributed by atoms with Crippen LogP contribution in [0.15, 0.2) is 74.9 Å². The summed E-state index contributed by atoms with van der Waals surface area (Å²) in [5.74, 6) is 2.13. The number of carbonyl (C=O) groups excluding carboxylic acids is 1. The smallest absolute Gasteiger partial charge is 0.256 e. The van der Waals surface area contributed by atoms with Crippen LogP contribution in [0.5, 0.6) is 0 Å². The first-order chi connectivity index (χ1) is 16.7. The van der Waals surface area contributed by atoms with E-state index in [9.17, 15) is 9.59 Å². The summed E-state index contributed by atoms with van der Waals surface area (Å²) in [6.07, 6.45) is 4.02. The minimum Gasteiger partial charge on any atom is -0.420 e. The Morgan fingerprint density at radius 3 is 2.62 bits per heavy atom. The summed E-state index contributed by atoms with van der Waals surface area (Å²) >= 11 is 1.49. The summed E-state index contributed by atoms with van der Waals surface area (Å²) in [5.41, 5.74) is 0.826. The van der Waals surface area contributed by atoms with Crippen LogP contribution in [0.1, 0.15) is 43.9 Å². The summed E-state index contributed by atoms with van der Waals surface area (Å²) in [6, 6.07) is 19.4. The van der Waals surface area contributed by atoms with Crippen LogP contribution >= 0.6 is 11.8 Å². The number of benzene rings is 2. The number of H-pyrrole nitrogens is 1. The van der Waals surface area contributed by atoms with E-state index in [2.05, 4.69) is 20.5 Å². The van der Waals surface area contributed by atoms with Crippen LogP contribution in [0.4, 0.5) is 0 Å². The first-order valence-electron chi connectivity index (χ1n) is 11.6. The largest absolute Gasteiger partial charge is 0.420 e. The third kappa shape index (κ3) is 5.22. The lowest BCUT2D eigenvalue weighted by atomic mass is 9.86. The number of thioether (sulfide) groups is 1. The standard InChI is InChI=1S/C26H26N4O3S/c31-22(14-15-34-23-16-19-8-4-5-9-21(19)24(32)28-23)27-20-12-10-18(11-13-20)26-30-29-25(33-26)17-6-2-1-3-7-17/h1-9,16,18,20H,10-15H2,(H,27,31)(H,28,32). The third-order valence-electron chi connectivity index (χ3n) is 6.22. The van der Waals surface area contributed by atoms with Crippen molar-refractivity contribution >= 4 is 28.4 Å². The molecule has 5 rings (SSSR count). The number of nitrogens with zero attached hydrogens (tertiary/aromatic N) is 2. The normalized spacial score (nSPS) is 18.1. The molecule has 0 radical (unpaired) electrons. The zero-order chi connectivity index (χ0) is 23.3. The molecule has 7 nitrogen and oxygen atoms in total. The predicted octanol–water partition coefficient (Wildman–Crippen LogP) is 4.90. The Bertz CT molecular complexity index is 1330. The summed E-state index contributed by atoms with van der Waals surface area (Å²) in [5, 5.41) is 14.0. The van der Waals surface area contributed by atoms with Crippen LogP contribution in [0.2, 0.25) is 0 Å². The molecule has 1 saturated carbocycles. The lowest BCUT2D eigenvalue weighted by molar-refractivity contribution is -0.121. The Hall–Kier alpha value is -3.39. The zero-order valence-corrected chi connectivity index (χ0v) is 19.5. The molecule has 8 heteroatoms. The summed E-state index contributed by atoms with van der Waals surface area (Å²) in [4.78, 5) is 27.5. The highest BCUT2D eigenvalue weighted by Crippen LogP contribution is 2.33. The molecule has 0 spiro atoms. The molecule has 2 aromatic carbocycles. The van der Waals surface area contributed by atoms with Crippen molar-refractivity contribution in [1.29, 1.82) is 0 Å². The molecule has 0 aliphatic heterocycles.